The first-order valence-corrected chi connectivity index (χ1v) is 6.70. The van der Waals surface area contributed by atoms with Crippen molar-refractivity contribution in [2.75, 3.05) is 26.3 Å². The van der Waals surface area contributed by atoms with Crippen molar-refractivity contribution in [3.63, 3.8) is 0 Å². The van der Waals surface area contributed by atoms with Crippen LogP contribution in [-0.4, -0.2) is 32.5 Å². The van der Waals surface area contributed by atoms with Crippen LogP contribution in [0.2, 0.25) is 0 Å². The van der Waals surface area contributed by atoms with Gasteiger partial charge in [0, 0.05) is 6.61 Å². The summed E-state index contributed by atoms with van der Waals surface area (Å²) in [6, 6.07) is 0. The number of alkyl halides is 3. The molecule has 0 fully saturated rings. The standard InChI is InChI=1S/C13H26F3NO/c1-4-12(9-17-8-11(2)3)6-5-7-18-10-13(14,15)16/h11-12,17H,4-10H2,1-3H3. The molecule has 2 nitrogen and oxygen atoms in total. The maximum absolute atomic E-state index is 11.8. The Hall–Kier alpha value is -0.290. The first-order chi connectivity index (χ1) is 8.35. The Balaban J connectivity index is 3.50. The molecule has 0 heterocycles. The summed E-state index contributed by atoms with van der Waals surface area (Å²) in [7, 11) is 0. The fourth-order valence-corrected chi connectivity index (χ4v) is 1.69. The van der Waals surface area contributed by atoms with Crippen LogP contribution >= 0.6 is 0 Å². The van der Waals surface area contributed by atoms with Gasteiger partial charge in [-0.1, -0.05) is 27.2 Å². The molecule has 110 valence electrons. The van der Waals surface area contributed by atoms with Gasteiger partial charge in [0.15, 0.2) is 0 Å². The van der Waals surface area contributed by atoms with Crippen molar-refractivity contribution in [1.82, 2.24) is 5.32 Å². The monoisotopic (exact) mass is 269 g/mol. The summed E-state index contributed by atoms with van der Waals surface area (Å²) in [5.41, 5.74) is 0. The highest BCUT2D eigenvalue weighted by Crippen LogP contribution is 2.15. The molecule has 0 bridgehead atoms. The molecule has 1 atom stereocenters. The second-order valence-electron chi connectivity index (χ2n) is 5.14. The lowest BCUT2D eigenvalue weighted by molar-refractivity contribution is -0.174. The zero-order valence-corrected chi connectivity index (χ0v) is 11.6. The second kappa shape index (κ2) is 9.62. The molecule has 18 heavy (non-hydrogen) atoms. The topological polar surface area (TPSA) is 21.3 Å². The molecule has 0 aromatic carbocycles. The van der Waals surface area contributed by atoms with E-state index >= 15 is 0 Å². The Kier molecular flexibility index (Phi) is 9.46. The number of nitrogens with one attached hydrogen (secondary N) is 1. The predicted octanol–water partition coefficient (Wildman–Crippen LogP) is 3.62. The number of ether oxygens (including phenoxy) is 1. The summed E-state index contributed by atoms with van der Waals surface area (Å²) in [6.07, 6.45) is -1.55. The molecular weight excluding hydrogens is 243 g/mol. The average molecular weight is 269 g/mol. The van der Waals surface area contributed by atoms with Gasteiger partial charge in [0.05, 0.1) is 0 Å². The third kappa shape index (κ3) is 12.2. The van der Waals surface area contributed by atoms with Crippen LogP contribution in [0.15, 0.2) is 0 Å². The van der Waals surface area contributed by atoms with Crippen LogP contribution in [-0.2, 0) is 4.74 Å². The fraction of sp³-hybridized carbons (Fsp3) is 1.00. The Morgan fingerprint density at radius 3 is 2.33 bits per heavy atom. The van der Waals surface area contributed by atoms with Crippen molar-refractivity contribution in [3.05, 3.63) is 0 Å². The van der Waals surface area contributed by atoms with E-state index in [1.165, 1.54) is 0 Å². The van der Waals surface area contributed by atoms with Crippen molar-refractivity contribution >= 4 is 0 Å². The van der Waals surface area contributed by atoms with E-state index in [9.17, 15) is 13.2 Å². The van der Waals surface area contributed by atoms with E-state index in [1.54, 1.807) is 0 Å². The minimum Gasteiger partial charge on any atom is -0.372 e. The minimum atomic E-state index is -4.21. The highest BCUT2D eigenvalue weighted by Gasteiger charge is 2.27. The van der Waals surface area contributed by atoms with Gasteiger partial charge in [0.2, 0.25) is 0 Å². The Morgan fingerprint density at radius 1 is 1.17 bits per heavy atom. The molecular formula is C13H26F3NO. The summed E-state index contributed by atoms with van der Waals surface area (Å²) in [5, 5.41) is 3.38. The van der Waals surface area contributed by atoms with E-state index < -0.39 is 12.8 Å². The molecule has 0 amide bonds. The highest BCUT2D eigenvalue weighted by atomic mass is 19.4. The van der Waals surface area contributed by atoms with E-state index in [2.05, 4.69) is 30.8 Å². The lowest BCUT2D eigenvalue weighted by atomic mass is 10.0. The van der Waals surface area contributed by atoms with Gasteiger partial charge < -0.3 is 10.1 Å². The summed E-state index contributed by atoms with van der Waals surface area (Å²) >= 11 is 0. The van der Waals surface area contributed by atoms with Crippen molar-refractivity contribution in [2.24, 2.45) is 11.8 Å². The molecule has 1 N–H and O–H groups in total. The van der Waals surface area contributed by atoms with Crippen LogP contribution in [0.1, 0.15) is 40.0 Å². The van der Waals surface area contributed by atoms with Crippen LogP contribution in [0.4, 0.5) is 13.2 Å². The van der Waals surface area contributed by atoms with Crippen LogP contribution in [0.25, 0.3) is 0 Å². The van der Waals surface area contributed by atoms with Crippen LogP contribution in [0.3, 0.4) is 0 Å². The van der Waals surface area contributed by atoms with Gasteiger partial charge in [0.1, 0.15) is 6.61 Å². The number of halogens is 3. The van der Waals surface area contributed by atoms with E-state index in [0.29, 0.717) is 18.3 Å². The molecule has 5 heteroatoms. The van der Waals surface area contributed by atoms with E-state index in [-0.39, 0.29) is 6.61 Å². The van der Waals surface area contributed by atoms with Crippen molar-refractivity contribution in [2.45, 2.75) is 46.2 Å². The number of hydrogen-bond acceptors (Lipinski definition) is 2. The Labute approximate surface area is 108 Å². The van der Waals surface area contributed by atoms with Gasteiger partial charge in [-0.15, -0.1) is 0 Å². The molecule has 0 aromatic rings. The molecule has 1 unspecified atom stereocenters. The second-order valence-corrected chi connectivity index (χ2v) is 5.14. The van der Waals surface area contributed by atoms with Gasteiger partial charge >= 0.3 is 6.18 Å². The molecule has 0 saturated carbocycles. The zero-order chi connectivity index (χ0) is 14.0. The molecule has 0 spiro atoms. The van der Waals surface area contributed by atoms with Gasteiger partial charge in [-0.05, 0) is 37.8 Å². The normalized spacial score (nSPS) is 14.2. The quantitative estimate of drug-likeness (QED) is 0.612. The summed E-state index contributed by atoms with van der Waals surface area (Å²) in [4.78, 5) is 0. The number of rotatable bonds is 10. The van der Waals surface area contributed by atoms with Crippen molar-refractivity contribution < 1.29 is 17.9 Å². The molecule has 0 aliphatic heterocycles. The van der Waals surface area contributed by atoms with Gasteiger partial charge in [-0.3, -0.25) is 0 Å². The van der Waals surface area contributed by atoms with Crippen molar-refractivity contribution in [1.29, 1.82) is 0 Å². The largest absolute Gasteiger partial charge is 0.411 e. The van der Waals surface area contributed by atoms with Gasteiger partial charge in [-0.2, -0.15) is 13.2 Å². The van der Waals surface area contributed by atoms with Crippen LogP contribution in [0.5, 0.6) is 0 Å². The van der Waals surface area contributed by atoms with Crippen LogP contribution < -0.4 is 5.32 Å². The third-order valence-corrected chi connectivity index (χ3v) is 2.73. The van der Waals surface area contributed by atoms with Gasteiger partial charge in [-0.25, -0.2) is 0 Å². The molecule has 0 rings (SSSR count). The number of hydrogen-bond donors (Lipinski definition) is 1. The maximum Gasteiger partial charge on any atom is 0.411 e. The summed E-state index contributed by atoms with van der Waals surface area (Å²) in [6.45, 7) is 7.40. The third-order valence-electron chi connectivity index (χ3n) is 2.73. The van der Waals surface area contributed by atoms with E-state index in [4.69, 9.17) is 0 Å². The Morgan fingerprint density at radius 2 is 1.83 bits per heavy atom. The lowest BCUT2D eigenvalue weighted by Gasteiger charge is -2.16. The zero-order valence-electron chi connectivity index (χ0n) is 11.6. The molecule has 0 aliphatic rings. The van der Waals surface area contributed by atoms with E-state index in [1.807, 2.05) is 0 Å². The summed E-state index contributed by atoms with van der Waals surface area (Å²) < 4.78 is 40.0. The van der Waals surface area contributed by atoms with Crippen LogP contribution in [0, 0.1) is 11.8 Å². The fourth-order valence-electron chi connectivity index (χ4n) is 1.69. The lowest BCUT2D eigenvalue weighted by Crippen LogP contribution is -2.26. The maximum atomic E-state index is 11.8. The first-order valence-electron chi connectivity index (χ1n) is 6.70. The molecule has 0 radical (unpaired) electrons. The molecule has 0 aliphatic carbocycles. The predicted molar refractivity (Wildman–Crippen MR) is 67.6 cm³/mol. The smallest absolute Gasteiger partial charge is 0.372 e. The van der Waals surface area contributed by atoms with Gasteiger partial charge in [0.25, 0.3) is 0 Å². The SMILES string of the molecule is CCC(CCCOCC(F)(F)F)CNCC(C)C. The highest BCUT2D eigenvalue weighted by molar-refractivity contribution is 4.62. The van der Waals surface area contributed by atoms with E-state index in [0.717, 1.165) is 25.9 Å². The Bertz CT molecular complexity index is 195. The summed E-state index contributed by atoms with van der Waals surface area (Å²) in [5.74, 6) is 1.15. The molecule has 0 saturated heterocycles. The molecule has 0 aromatic heterocycles. The van der Waals surface area contributed by atoms with Crippen molar-refractivity contribution in [3.8, 4) is 0 Å². The first kappa shape index (κ1) is 17.7. The average Bonchev–Trinajstić information content (AvgIpc) is 2.24. The minimum absolute atomic E-state index is 0.195.